The lowest BCUT2D eigenvalue weighted by molar-refractivity contribution is 0.312. The Morgan fingerprint density at radius 3 is 2.57 bits per heavy atom. The van der Waals surface area contributed by atoms with Gasteiger partial charge in [-0.25, -0.2) is 0 Å². The standard InChI is InChI=1S/C27H35ClNO5P/c1-20(2)15-23-8-6-21(17-26(23)28)5-3-12-34-27-9-7-22(16-25(27)24-10-13-33-19-24)18-29-11-4-14-35(30,31)32/h6-10,13,16-17,19-20,29H,3-5,11-12,14-15,18H2,1-2H3,(H2,30,31,32). The normalized spacial score (nSPS) is 11.8. The molecule has 0 fully saturated rings. The molecule has 0 radical (unpaired) electrons. The van der Waals surface area contributed by atoms with Crippen LogP contribution in [-0.4, -0.2) is 29.1 Å². The van der Waals surface area contributed by atoms with Crippen LogP contribution < -0.4 is 10.1 Å². The monoisotopic (exact) mass is 519 g/mol. The predicted molar refractivity (Wildman–Crippen MR) is 141 cm³/mol. The molecule has 3 aromatic rings. The van der Waals surface area contributed by atoms with E-state index in [0.29, 0.717) is 32.0 Å². The average Bonchev–Trinajstić information content (AvgIpc) is 3.32. The Labute approximate surface area is 212 Å². The van der Waals surface area contributed by atoms with Crippen LogP contribution in [-0.2, 0) is 24.0 Å². The number of nitrogens with one attached hydrogen (secondary N) is 1. The minimum Gasteiger partial charge on any atom is -0.493 e. The molecule has 1 aromatic heterocycles. The fraction of sp³-hybridized carbons (Fsp3) is 0.407. The zero-order valence-corrected chi connectivity index (χ0v) is 22.0. The number of aryl methyl sites for hydroxylation is 1. The van der Waals surface area contributed by atoms with Gasteiger partial charge in [-0.1, -0.05) is 43.6 Å². The van der Waals surface area contributed by atoms with E-state index in [1.54, 1.807) is 12.5 Å². The fourth-order valence-corrected chi connectivity index (χ4v) is 4.76. The third kappa shape index (κ3) is 9.47. The van der Waals surface area contributed by atoms with E-state index in [1.807, 2.05) is 18.2 Å². The van der Waals surface area contributed by atoms with E-state index in [-0.39, 0.29) is 6.16 Å². The van der Waals surface area contributed by atoms with Gasteiger partial charge in [-0.3, -0.25) is 4.57 Å². The first-order valence-electron chi connectivity index (χ1n) is 12.0. The molecule has 0 bridgehead atoms. The van der Waals surface area contributed by atoms with Gasteiger partial charge < -0.3 is 24.3 Å². The first-order chi connectivity index (χ1) is 16.7. The lowest BCUT2D eigenvalue weighted by Crippen LogP contribution is -2.16. The van der Waals surface area contributed by atoms with E-state index in [4.69, 9.17) is 30.5 Å². The van der Waals surface area contributed by atoms with Gasteiger partial charge in [0.1, 0.15) is 5.75 Å². The van der Waals surface area contributed by atoms with Gasteiger partial charge in [0.05, 0.1) is 25.3 Å². The van der Waals surface area contributed by atoms with Gasteiger partial charge >= 0.3 is 7.60 Å². The third-order valence-corrected chi connectivity index (χ3v) is 6.87. The molecule has 0 spiro atoms. The second-order valence-electron chi connectivity index (χ2n) is 9.24. The summed E-state index contributed by atoms with van der Waals surface area (Å²) in [6.45, 7) is 6.10. The number of ether oxygens (including phenoxy) is 1. The van der Waals surface area contributed by atoms with E-state index in [0.717, 1.165) is 46.7 Å². The van der Waals surface area contributed by atoms with Crippen LogP contribution in [0.1, 0.15) is 43.4 Å². The molecule has 8 heteroatoms. The zero-order chi connectivity index (χ0) is 25.3. The first-order valence-corrected chi connectivity index (χ1v) is 14.2. The first kappa shape index (κ1) is 27.5. The van der Waals surface area contributed by atoms with Crippen molar-refractivity contribution >= 4 is 19.2 Å². The van der Waals surface area contributed by atoms with Gasteiger partial charge in [-0.05, 0) is 79.1 Å². The average molecular weight is 520 g/mol. The van der Waals surface area contributed by atoms with Gasteiger partial charge in [-0.15, -0.1) is 0 Å². The van der Waals surface area contributed by atoms with Crippen molar-refractivity contribution in [2.24, 2.45) is 5.92 Å². The van der Waals surface area contributed by atoms with Gasteiger partial charge in [0.2, 0.25) is 0 Å². The fourth-order valence-electron chi connectivity index (χ4n) is 3.91. The van der Waals surface area contributed by atoms with Crippen molar-refractivity contribution in [1.82, 2.24) is 5.32 Å². The van der Waals surface area contributed by atoms with Crippen molar-refractivity contribution in [3.05, 3.63) is 76.7 Å². The summed E-state index contributed by atoms with van der Waals surface area (Å²) < 4.78 is 22.4. The smallest absolute Gasteiger partial charge is 0.325 e. The summed E-state index contributed by atoms with van der Waals surface area (Å²) >= 11 is 6.47. The maximum atomic E-state index is 11.0. The molecule has 0 aliphatic carbocycles. The summed E-state index contributed by atoms with van der Waals surface area (Å²) in [6, 6.07) is 14.3. The van der Waals surface area contributed by atoms with Crippen LogP contribution in [0.15, 0.2) is 59.4 Å². The zero-order valence-electron chi connectivity index (χ0n) is 20.4. The quantitative estimate of drug-likeness (QED) is 0.167. The molecule has 0 aliphatic rings. The maximum Gasteiger partial charge on any atom is 0.325 e. The molecule has 3 N–H and O–H groups in total. The van der Waals surface area contributed by atoms with E-state index in [1.165, 1.54) is 11.1 Å². The van der Waals surface area contributed by atoms with Crippen molar-refractivity contribution in [3.8, 4) is 16.9 Å². The molecule has 6 nitrogen and oxygen atoms in total. The molecule has 3 rings (SSSR count). The van der Waals surface area contributed by atoms with Crippen LogP contribution in [0.2, 0.25) is 5.02 Å². The number of furan rings is 1. The Kier molecular flexibility index (Phi) is 10.4. The van der Waals surface area contributed by atoms with Gasteiger partial charge in [0, 0.05) is 22.7 Å². The molecule has 0 saturated carbocycles. The third-order valence-electron chi connectivity index (χ3n) is 5.62. The van der Waals surface area contributed by atoms with Crippen LogP contribution in [0.5, 0.6) is 5.75 Å². The molecule has 35 heavy (non-hydrogen) atoms. The summed E-state index contributed by atoms with van der Waals surface area (Å²) in [5.74, 6) is 1.37. The van der Waals surface area contributed by atoms with Crippen molar-refractivity contribution < 1.29 is 23.5 Å². The molecule has 2 aromatic carbocycles. The molecular weight excluding hydrogens is 485 g/mol. The van der Waals surface area contributed by atoms with E-state index in [2.05, 4.69) is 43.4 Å². The Balaban J connectivity index is 1.55. The Hall–Kier alpha value is -2.08. The van der Waals surface area contributed by atoms with Gasteiger partial charge in [0.25, 0.3) is 0 Å². The number of rotatable bonds is 14. The Morgan fingerprint density at radius 2 is 1.89 bits per heavy atom. The van der Waals surface area contributed by atoms with Crippen LogP contribution in [0.25, 0.3) is 11.1 Å². The summed E-state index contributed by atoms with van der Waals surface area (Å²) in [6.07, 6.45) is 6.39. The number of halogens is 1. The van der Waals surface area contributed by atoms with Crippen molar-refractivity contribution in [2.75, 3.05) is 19.3 Å². The highest BCUT2D eigenvalue weighted by Gasteiger charge is 2.12. The Morgan fingerprint density at radius 1 is 1.09 bits per heavy atom. The minimum absolute atomic E-state index is 0.110. The van der Waals surface area contributed by atoms with Crippen LogP contribution in [0.3, 0.4) is 0 Å². The summed E-state index contributed by atoms with van der Waals surface area (Å²) in [5.41, 5.74) is 5.36. The van der Waals surface area contributed by atoms with Crippen LogP contribution in [0, 0.1) is 5.92 Å². The Bertz CT molecular complexity index is 1110. The molecule has 190 valence electrons. The van der Waals surface area contributed by atoms with E-state index in [9.17, 15) is 4.57 Å². The molecule has 0 atom stereocenters. The minimum atomic E-state index is -3.94. The van der Waals surface area contributed by atoms with Gasteiger partial charge in [0.15, 0.2) is 0 Å². The van der Waals surface area contributed by atoms with Crippen LogP contribution >= 0.6 is 19.2 Å². The highest BCUT2D eigenvalue weighted by molar-refractivity contribution is 7.51. The second-order valence-corrected chi connectivity index (χ2v) is 11.4. The summed E-state index contributed by atoms with van der Waals surface area (Å²) in [5, 5.41) is 4.08. The molecule has 1 heterocycles. The van der Waals surface area contributed by atoms with E-state index < -0.39 is 7.60 Å². The van der Waals surface area contributed by atoms with Crippen molar-refractivity contribution in [3.63, 3.8) is 0 Å². The molecule has 0 amide bonds. The predicted octanol–water partition coefficient (Wildman–Crippen LogP) is 6.47. The summed E-state index contributed by atoms with van der Waals surface area (Å²) in [7, 11) is -3.94. The largest absolute Gasteiger partial charge is 0.493 e. The molecular formula is C27H35ClNO5P. The lowest BCUT2D eigenvalue weighted by Gasteiger charge is -2.14. The number of benzene rings is 2. The lowest BCUT2D eigenvalue weighted by atomic mass is 10.0. The molecule has 0 saturated heterocycles. The second kappa shape index (κ2) is 13.3. The van der Waals surface area contributed by atoms with E-state index >= 15 is 0 Å². The highest BCUT2D eigenvalue weighted by Crippen LogP contribution is 2.34. The maximum absolute atomic E-state index is 11.0. The topological polar surface area (TPSA) is 91.9 Å². The highest BCUT2D eigenvalue weighted by atomic mass is 35.5. The number of hydrogen-bond acceptors (Lipinski definition) is 4. The van der Waals surface area contributed by atoms with Gasteiger partial charge in [-0.2, -0.15) is 0 Å². The van der Waals surface area contributed by atoms with Crippen molar-refractivity contribution in [2.45, 2.75) is 46.1 Å². The SMILES string of the molecule is CC(C)Cc1ccc(CCCOc2ccc(CNCCCP(=O)(O)O)cc2-c2ccoc2)cc1Cl. The van der Waals surface area contributed by atoms with Crippen molar-refractivity contribution in [1.29, 1.82) is 0 Å². The molecule has 0 aliphatic heterocycles. The van der Waals surface area contributed by atoms with Crippen LogP contribution in [0.4, 0.5) is 0 Å². The summed E-state index contributed by atoms with van der Waals surface area (Å²) in [4.78, 5) is 17.9. The number of hydrogen-bond donors (Lipinski definition) is 3. The molecule has 0 unspecified atom stereocenters.